The normalized spacial score (nSPS) is 15.4. The summed E-state index contributed by atoms with van der Waals surface area (Å²) in [6.07, 6.45) is 3.95. The fourth-order valence-electron chi connectivity index (χ4n) is 2.73. The van der Waals surface area contributed by atoms with Gasteiger partial charge in [0.2, 0.25) is 0 Å². The van der Waals surface area contributed by atoms with Crippen LogP contribution in [0.3, 0.4) is 0 Å². The molecule has 1 aliphatic rings. The average molecular weight is 413 g/mol. The molecule has 1 heterocycles. The number of fused-ring (bicyclic) bond motifs is 1. The van der Waals surface area contributed by atoms with Gasteiger partial charge in [0.05, 0.1) is 11.0 Å². The standard InChI is InChI=1S/C16H23N5.HI/c1-12-20-14-7-2-3-8-15(14)21(12)10-9-18-16(17)19-11-13-5-4-6-13;/h2-3,7-8,13H,4-6,9-11H2,1H3,(H3,17,18,19);1H. The predicted octanol–water partition coefficient (Wildman–Crippen LogP) is 2.67. The summed E-state index contributed by atoms with van der Waals surface area (Å²) in [6, 6.07) is 8.20. The van der Waals surface area contributed by atoms with Crippen LogP contribution in [0.4, 0.5) is 0 Å². The predicted molar refractivity (Wildman–Crippen MR) is 102 cm³/mol. The average Bonchev–Trinajstić information content (AvgIpc) is 2.73. The lowest BCUT2D eigenvalue weighted by Gasteiger charge is -2.23. The van der Waals surface area contributed by atoms with Gasteiger partial charge in [0, 0.05) is 19.6 Å². The first-order valence-corrected chi connectivity index (χ1v) is 7.69. The van der Waals surface area contributed by atoms with Crippen molar-refractivity contribution in [1.29, 1.82) is 0 Å². The number of nitrogens with zero attached hydrogens (tertiary/aromatic N) is 3. The van der Waals surface area contributed by atoms with E-state index in [0.29, 0.717) is 5.96 Å². The van der Waals surface area contributed by atoms with Gasteiger partial charge >= 0.3 is 0 Å². The van der Waals surface area contributed by atoms with Gasteiger partial charge < -0.3 is 15.6 Å². The highest BCUT2D eigenvalue weighted by Gasteiger charge is 2.16. The minimum absolute atomic E-state index is 0. The molecule has 0 bridgehead atoms. The minimum Gasteiger partial charge on any atom is -0.370 e. The van der Waals surface area contributed by atoms with E-state index in [1.165, 1.54) is 24.8 Å². The zero-order chi connectivity index (χ0) is 14.7. The first-order chi connectivity index (χ1) is 10.2. The number of imidazole rings is 1. The maximum Gasteiger partial charge on any atom is 0.188 e. The van der Waals surface area contributed by atoms with Crippen LogP contribution in [-0.2, 0) is 6.54 Å². The molecule has 6 heteroatoms. The summed E-state index contributed by atoms with van der Waals surface area (Å²) in [5, 5.41) is 3.20. The minimum atomic E-state index is 0. The monoisotopic (exact) mass is 413 g/mol. The molecule has 1 saturated carbocycles. The zero-order valence-electron chi connectivity index (χ0n) is 13.0. The molecule has 2 aromatic rings. The van der Waals surface area contributed by atoms with E-state index in [1.54, 1.807) is 0 Å². The van der Waals surface area contributed by atoms with Gasteiger partial charge in [0.25, 0.3) is 0 Å². The van der Waals surface area contributed by atoms with E-state index < -0.39 is 0 Å². The lowest BCUT2D eigenvalue weighted by atomic mass is 9.86. The van der Waals surface area contributed by atoms with Crippen molar-refractivity contribution in [3.05, 3.63) is 30.1 Å². The van der Waals surface area contributed by atoms with Crippen LogP contribution in [0.5, 0.6) is 0 Å². The van der Waals surface area contributed by atoms with Crippen LogP contribution in [0.25, 0.3) is 11.0 Å². The van der Waals surface area contributed by atoms with Crippen LogP contribution in [0.1, 0.15) is 25.1 Å². The summed E-state index contributed by atoms with van der Waals surface area (Å²) in [5.41, 5.74) is 8.12. The Bertz CT molecular complexity index is 645. The second-order valence-electron chi connectivity index (χ2n) is 5.75. The van der Waals surface area contributed by atoms with Crippen molar-refractivity contribution >= 4 is 41.0 Å². The smallest absolute Gasteiger partial charge is 0.188 e. The van der Waals surface area contributed by atoms with Crippen LogP contribution in [0, 0.1) is 12.8 Å². The van der Waals surface area contributed by atoms with Crippen molar-refractivity contribution in [3.63, 3.8) is 0 Å². The van der Waals surface area contributed by atoms with Crippen LogP contribution < -0.4 is 11.1 Å². The van der Waals surface area contributed by atoms with Gasteiger partial charge in [-0.05, 0) is 37.8 Å². The van der Waals surface area contributed by atoms with Crippen molar-refractivity contribution in [3.8, 4) is 0 Å². The number of benzene rings is 1. The third-order valence-corrected chi connectivity index (χ3v) is 4.23. The molecule has 3 N–H and O–H groups in total. The molecule has 0 atom stereocenters. The fraction of sp³-hybridized carbons (Fsp3) is 0.500. The topological polar surface area (TPSA) is 68.2 Å². The second kappa shape index (κ2) is 7.80. The Morgan fingerprint density at radius 3 is 2.91 bits per heavy atom. The molecule has 1 aliphatic carbocycles. The van der Waals surface area contributed by atoms with Gasteiger partial charge in [-0.25, -0.2) is 4.98 Å². The maximum atomic E-state index is 5.90. The highest BCUT2D eigenvalue weighted by atomic mass is 127. The number of nitrogens with one attached hydrogen (secondary N) is 1. The number of rotatable bonds is 5. The number of aliphatic imine (C=N–C) groups is 1. The second-order valence-corrected chi connectivity index (χ2v) is 5.75. The number of hydrogen-bond donors (Lipinski definition) is 2. The Balaban J connectivity index is 0.00000176. The lowest BCUT2D eigenvalue weighted by molar-refractivity contribution is 0.326. The first-order valence-electron chi connectivity index (χ1n) is 7.69. The van der Waals surface area contributed by atoms with Crippen molar-refractivity contribution in [1.82, 2.24) is 14.9 Å². The molecule has 0 saturated heterocycles. The number of aromatic nitrogens is 2. The molecular formula is C16H24IN5. The summed E-state index contributed by atoms with van der Waals surface area (Å²) < 4.78 is 2.21. The fourth-order valence-corrected chi connectivity index (χ4v) is 2.73. The Labute approximate surface area is 148 Å². The quantitative estimate of drug-likeness (QED) is 0.450. The van der Waals surface area contributed by atoms with Gasteiger partial charge in [-0.3, -0.25) is 4.99 Å². The number of guanidine groups is 1. The van der Waals surface area contributed by atoms with E-state index in [-0.39, 0.29) is 24.0 Å². The van der Waals surface area contributed by atoms with E-state index in [1.807, 2.05) is 25.1 Å². The number of para-hydroxylation sites is 2. The van der Waals surface area contributed by atoms with Gasteiger partial charge in [-0.1, -0.05) is 18.6 Å². The van der Waals surface area contributed by atoms with Crippen molar-refractivity contribution < 1.29 is 0 Å². The molecule has 3 rings (SSSR count). The molecule has 120 valence electrons. The van der Waals surface area contributed by atoms with Crippen molar-refractivity contribution in [2.45, 2.75) is 32.7 Å². The van der Waals surface area contributed by atoms with Crippen LogP contribution >= 0.6 is 24.0 Å². The van der Waals surface area contributed by atoms with E-state index >= 15 is 0 Å². The maximum absolute atomic E-state index is 5.90. The summed E-state index contributed by atoms with van der Waals surface area (Å²) in [6.45, 7) is 4.51. The third kappa shape index (κ3) is 3.91. The highest BCUT2D eigenvalue weighted by molar-refractivity contribution is 14.0. The number of hydrogen-bond acceptors (Lipinski definition) is 2. The molecule has 0 aliphatic heterocycles. The first kappa shape index (κ1) is 17.1. The van der Waals surface area contributed by atoms with Crippen molar-refractivity contribution in [2.75, 3.05) is 13.1 Å². The lowest BCUT2D eigenvalue weighted by Crippen LogP contribution is -2.35. The molecule has 1 fully saturated rings. The van der Waals surface area contributed by atoms with Gasteiger partial charge in [-0.2, -0.15) is 0 Å². The van der Waals surface area contributed by atoms with E-state index in [4.69, 9.17) is 5.73 Å². The molecule has 0 spiro atoms. The molecular weight excluding hydrogens is 389 g/mol. The number of aryl methyl sites for hydroxylation is 1. The van der Waals surface area contributed by atoms with Crippen molar-refractivity contribution in [2.24, 2.45) is 16.6 Å². The summed E-state index contributed by atoms with van der Waals surface area (Å²) in [7, 11) is 0. The summed E-state index contributed by atoms with van der Waals surface area (Å²) in [4.78, 5) is 8.97. The SMILES string of the molecule is Cc1nc2ccccc2n1CCNC(N)=NCC1CCC1.I. The van der Waals surface area contributed by atoms with Gasteiger partial charge in [0.15, 0.2) is 5.96 Å². The molecule has 5 nitrogen and oxygen atoms in total. The molecule has 0 radical (unpaired) electrons. The molecule has 22 heavy (non-hydrogen) atoms. The van der Waals surface area contributed by atoms with Gasteiger partial charge in [0.1, 0.15) is 5.82 Å². The van der Waals surface area contributed by atoms with E-state index in [0.717, 1.165) is 36.9 Å². The Morgan fingerprint density at radius 1 is 1.41 bits per heavy atom. The summed E-state index contributed by atoms with van der Waals surface area (Å²) >= 11 is 0. The Hall–Kier alpha value is -1.31. The molecule has 1 aromatic heterocycles. The largest absolute Gasteiger partial charge is 0.370 e. The van der Waals surface area contributed by atoms with Crippen LogP contribution in [0.15, 0.2) is 29.3 Å². The van der Waals surface area contributed by atoms with Crippen LogP contribution in [0.2, 0.25) is 0 Å². The Kier molecular flexibility index (Phi) is 6.05. The molecule has 0 amide bonds. The zero-order valence-corrected chi connectivity index (χ0v) is 15.3. The third-order valence-electron chi connectivity index (χ3n) is 4.23. The van der Waals surface area contributed by atoms with Gasteiger partial charge in [-0.15, -0.1) is 24.0 Å². The Morgan fingerprint density at radius 2 is 2.18 bits per heavy atom. The highest BCUT2D eigenvalue weighted by Crippen LogP contribution is 2.26. The summed E-state index contributed by atoms with van der Waals surface area (Å²) in [5.74, 6) is 2.34. The number of nitrogens with two attached hydrogens (primary N) is 1. The molecule has 1 aromatic carbocycles. The van der Waals surface area contributed by atoms with E-state index in [9.17, 15) is 0 Å². The van der Waals surface area contributed by atoms with E-state index in [2.05, 4.69) is 25.9 Å². The molecule has 0 unspecified atom stereocenters. The number of halogens is 1. The van der Waals surface area contributed by atoms with Crippen LogP contribution in [-0.4, -0.2) is 28.6 Å².